The van der Waals surface area contributed by atoms with E-state index in [-0.39, 0.29) is 11.9 Å². The van der Waals surface area contributed by atoms with Crippen molar-refractivity contribution in [2.75, 3.05) is 25.0 Å². The monoisotopic (exact) mass is 344 g/mol. The molecule has 1 aliphatic heterocycles. The predicted octanol–water partition coefficient (Wildman–Crippen LogP) is 2.60. The van der Waals surface area contributed by atoms with Gasteiger partial charge < -0.3 is 15.0 Å². The zero-order valence-electron chi connectivity index (χ0n) is 13.6. The summed E-state index contributed by atoms with van der Waals surface area (Å²) in [7, 11) is 0. The SMILES string of the molecule is CCOC(=O)C1CCN(C(=S)Nc2ccc3nccnc3c2)CC1. The molecule has 0 atom stereocenters. The van der Waals surface area contributed by atoms with E-state index in [0.717, 1.165) is 42.7 Å². The minimum absolute atomic E-state index is 0.0139. The van der Waals surface area contributed by atoms with Gasteiger partial charge in [0.05, 0.1) is 23.6 Å². The Bertz CT molecular complexity index is 744. The van der Waals surface area contributed by atoms with Gasteiger partial charge in [-0.05, 0) is 50.2 Å². The maximum Gasteiger partial charge on any atom is 0.309 e. The first kappa shape index (κ1) is 16.6. The van der Waals surface area contributed by atoms with E-state index in [1.165, 1.54) is 0 Å². The summed E-state index contributed by atoms with van der Waals surface area (Å²) in [5.41, 5.74) is 2.57. The zero-order chi connectivity index (χ0) is 16.9. The van der Waals surface area contributed by atoms with Crippen molar-refractivity contribution in [1.29, 1.82) is 0 Å². The molecule has 6 nitrogen and oxygen atoms in total. The highest BCUT2D eigenvalue weighted by molar-refractivity contribution is 7.80. The number of piperidine rings is 1. The Morgan fingerprint density at radius 3 is 2.71 bits per heavy atom. The Morgan fingerprint density at radius 2 is 2.00 bits per heavy atom. The van der Waals surface area contributed by atoms with Crippen LogP contribution >= 0.6 is 12.2 Å². The number of hydrogen-bond donors (Lipinski definition) is 1. The molecule has 3 rings (SSSR count). The third-order valence-electron chi connectivity index (χ3n) is 4.12. The molecule has 0 spiro atoms. The van der Waals surface area contributed by atoms with Crippen LogP contribution in [0, 0.1) is 5.92 Å². The lowest BCUT2D eigenvalue weighted by Crippen LogP contribution is -2.42. The fourth-order valence-corrected chi connectivity index (χ4v) is 3.12. The van der Waals surface area contributed by atoms with Crippen LogP contribution in [0.15, 0.2) is 30.6 Å². The van der Waals surface area contributed by atoms with Crippen molar-refractivity contribution in [3.8, 4) is 0 Å². The van der Waals surface area contributed by atoms with E-state index in [9.17, 15) is 4.79 Å². The van der Waals surface area contributed by atoms with Crippen molar-refractivity contribution in [3.05, 3.63) is 30.6 Å². The summed E-state index contributed by atoms with van der Waals surface area (Å²) in [6.07, 6.45) is 4.88. The molecule has 1 aromatic heterocycles. The highest BCUT2D eigenvalue weighted by Gasteiger charge is 2.26. The number of rotatable bonds is 3. The topological polar surface area (TPSA) is 67.3 Å². The van der Waals surface area contributed by atoms with Crippen molar-refractivity contribution in [3.63, 3.8) is 0 Å². The van der Waals surface area contributed by atoms with E-state index < -0.39 is 0 Å². The zero-order valence-corrected chi connectivity index (χ0v) is 14.4. The largest absolute Gasteiger partial charge is 0.466 e. The molecule has 126 valence electrons. The number of carbonyl (C=O) groups is 1. The first-order chi connectivity index (χ1) is 11.7. The Morgan fingerprint density at radius 1 is 1.29 bits per heavy atom. The smallest absolute Gasteiger partial charge is 0.309 e. The highest BCUT2D eigenvalue weighted by atomic mass is 32.1. The first-order valence-corrected chi connectivity index (χ1v) is 8.51. The first-order valence-electron chi connectivity index (χ1n) is 8.10. The Hall–Kier alpha value is -2.28. The number of nitrogens with one attached hydrogen (secondary N) is 1. The number of likely N-dealkylation sites (tertiary alicyclic amines) is 1. The van der Waals surface area contributed by atoms with Crippen LogP contribution < -0.4 is 5.32 Å². The normalized spacial score (nSPS) is 15.3. The van der Waals surface area contributed by atoms with Gasteiger partial charge in [-0.25, -0.2) is 0 Å². The summed E-state index contributed by atoms with van der Waals surface area (Å²) in [4.78, 5) is 22.4. The average molecular weight is 344 g/mol. The van der Waals surface area contributed by atoms with E-state index in [0.29, 0.717) is 11.7 Å². The number of thiocarbonyl (C=S) groups is 1. The van der Waals surface area contributed by atoms with E-state index in [2.05, 4.69) is 20.2 Å². The van der Waals surface area contributed by atoms with Crippen LogP contribution in [-0.4, -0.2) is 45.6 Å². The van der Waals surface area contributed by atoms with Gasteiger partial charge >= 0.3 is 5.97 Å². The molecular formula is C17H20N4O2S. The van der Waals surface area contributed by atoms with Crippen molar-refractivity contribution in [1.82, 2.24) is 14.9 Å². The number of aromatic nitrogens is 2. The molecule has 0 saturated carbocycles. The van der Waals surface area contributed by atoms with Gasteiger partial charge in [-0.3, -0.25) is 14.8 Å². The fraction of sp³-hybridized carbons (Fsp3) is 0.412. The minimum Gasteiger partial charge on any atom is -0.466 e. The molecule has 1 N–H and O–H groups in total. The molecule has 0 aliphatic carbocycles. The molecule has 0 radical (unpaired) electrons. The molecule has 7 heteroatoms. The van der Waals surface area contributed by atoms with Crippen LogP contribution in [-0.2, 0) is 9.53 Å². The number of esters is 1. The van der Waals surface area contributed by atoms with E-state index in [4.69, 9.17) is 17.0 Å². The summed E-state index contributed by atoms with van der Waals surface area (Å²) in [5, 5.41) is 3.91. The standard InChI is InChI=1S/C17H20N4O2S/c1-2-23-16(22)12-5-9-21(10-6-12)17(24)20-13-3-4-14-15(11-13)19-8-7-18-14/h3-4,7-8,11-12H,2,5-6,9-10H2,1H3,(H,20,24). The average Bonchev–Trinajstić information content (AvgIpc) is 2.62. The lowest BCUT2D eigenvalue weighted by atomic mass is 9.97. The number of hydrogen-bond acceptors (Lipinski definition) is 5. The number of ether oxygens (including phenoxy) is 1. The Balaban J connectivity index is 1.58. The van der Waals surface area contributed by atoms with Crippen LogP contribution in [0.2, 0.25) is 0 Å². The second-order valence-corrected chi connectivity index (χ2v) is 6.09. The van der Waals surface area contributed by atoms with Crippen LogP contribution in [0.1, 0.15) is 19.8 Å². The molecular weight excluding hydrogens is 324 g/mol. The quantitative estimate of drug-likeness (QED) is 0.678. The minimum atomic E-state index is -0.0934. The fourth-order valence-electron chi connectivity index (χ4n) is 2.82. The van der Waals surface area contributed by atoms with Gasteiger partial charge in [0.2, 0.25) is 0 Å². The predicted molar refractivity (Wildman–Crippen MR) is 96.7 cm³/mol. The molecule has 1 aromatic carbocycles. The Kier molecular flexibility index (Phi) is 5.20. The maximum absolute atomic E-state index is 11.8. The van der Waals surface area contributed by atoms with Crippen molar-refractivity contribution in [2.45, 2.75) is 19.8 Å². The molecule has 1 saturated heterocycles. The van der Waals surface area contributed by atoms with Gasteiger partial charge in [-0.15, -0.1) is 0 Å². The molecule has 2 heterocycles. The molecule has 0 amide bonds. The van der Waals surface area contributed by atoms with Gasteiger partial charge in [-0.1, -0.05) is 0 Å². The van der Waals surface area contributed by atoms with Crippen molar-refractivity contribution >= 4 is 40.0 Å². The van der Waals surface area contributed by atoms with Gasteiger partial charge in [0.1, 0.15) is 0 Å². The summed E-state index contributed by atoms with van der Waals surface area (Å²) in [6, 6.07) is 5.79. The highest BCUT2D eigenvalue weighted by Crippen LogP contribution is 2.20. The molecule has 24 heavy (non-hydrogen) atoms. The van der Waals surface area contributed by atoms with Crippen LogP contribution in [0.25, 0.3) is 11.0 Å². The van der Waals surface area contributed by atoms with E-state index in [1.807, 2.05) is 25.1 Å². The second kappa shape index (κ2) is 7.53. The van der Waals surface area contributed by atoms with Crippen LogP contribution in [0.3, 0.4) is 0 Å². The van der Waals surface area contributed by atoms with Crippen LogP contribution in [0.5, 0.6) is 0 Å². The molecule has 0 bridgehead atoms. The summed E-state index contributed by atoms with van der Waals surface area (Å²) < 4.78 is 5.09. The van der Waals surface area contributed by atoms with Crippen LogP contribution in [0.4, 0.5) is 5.69 Å². The summed E-state index contributed by atoms with van der Waals surface area (Å²) in [6.45, 7) is 3.77. The number of fused-ring (bicyclic) bond motifs is 1. The maximum atomic E-state index is 11.8. The third-order valence-corrected chi connectivity index (χ3v) is 4.48. The lowest BCUT2D eigenvalue weighted by molar-refractivity contribution is -0.149. The van der Waals surface area contributed by atoms with Gasteiger partial charge in [-0.2, -0.15) is 0 Å². The van der Waals surface area contributed by atoms with Gasteiger partial charge in [0.25, 0.3) is 0 Å². The molecule has 2 aromatic rings. The third kappa shape index (κ3) is 3.79. The lowest BCUT2D eigenvalue weighted by Gasteiger charge is -2.32. The molecule has 0 unspecified atom stereocenters. The second-order valence-electron chi connectivity index (χ2n) is 5.70. The van der Waals surface area contributed by atoms with Crippen molar-refractivity contribution < 1.29 is 9.53 Å². The van der Waals surface area contributed by atoms with Gasteiger partial charge in [0, 0.05) is 31.2 Å². The Labute approximate surface area is 146 Å². The van der Waals surface area contributed by atoms with E-state index >= 15 is 0 Å². The number of carbonyl (C=O) groups excluding carboxylic acids is 1. The van der Waals surface area contributed by atoms with Gasteiger partial charge in [0.15, 0.2) is 5.11 Å². The summed E-state index contributed by atoms with van der Waals surface area (Å²) in [5.74, 6) is -0.107. The number of benzene rings is 1. The number of nitrogens with zero attached hydrogens (tertiary/aromatic N) is 3. The number of anilines is 1. The van der Waals surface area contributed by atoms with E-state index in [1.54, 1.807) is 12.4 Å². The molecule has 1 aliphatic rings. The van der Waals surface area contributed by atoms with Crippen molar-refractivity contribution in [2.24, 2.45) is 5.92 Å². The molecule has 1 fully saturated rings. The summed E-state index contributed by atoms with van der Waals surface area (Å²) >= 11 is 5.50.